The van der Waals surface area contributed by atoms with Crippen molar-refractivity contribution < 1.29 is 28.3 Å². The SMILES string of the molecule is COC(=O)c1ccc(C)c(NC(=O)COC(=O)c2c(C)oc(C)c2C)c1. The van der Waals surface area contributed by atoms with Crippen LogP contribution >= 0.6 is 0 Å². The predicted octanol–water partition coefficient (Wildman–Crippen LogP) is 3.10. The van der Waals surface area contributed by atoms with E-state index in [1.54, 1.807) is 39.8 Å². The van der Waals surface area contributed by atoms with E-state index in [0.29, 0.717) is 33.9 Å². The molecule has 1 N–H and O–H groups in total. The molecule has 0 unspecified atom stereocenters. The smallest absolute Gasteiger partial charge is 0.342 e. The molecule has 0 fully saturated rings. The summed E-state index contributed by atoms with van der Waals surface area (Å²) in [5.41, 5.74) is 2.54. The predicted molar refractivity (Wildman–Crippen MR) is 94.3 cm³/mol. The van der Waals surface area contributed by atoms with Gasteiger partial charge in [0.05, 0.1) is 12.7 Å². The van der Waals surface area contributed by atoms with E-state index in [0.717, 1.165) is 5.56 Å². The normalized spacial score (nSPS) is 10.3. The largest absolute Gasteiger partial charge is 0.465 e. The van der Waals surface area contributed by atoms with E-state index in [-0.39, 0.29) is 0 Å². The van der Waals surface area contributed by atoms with Crippen molar-refractivity contribution in [1.82, 2.24) is 0 Å². The molecule has 0 radical (unpaired) electrons. The number of benzene rings is 1. The van der Waals surface area contributed by atoms with Gasteiger partial charge in [0.15, 0.2) is 6.61 Å². The van der Waals surface area contributed by atoms with Crippen molar-refractivity contribution in [3.05, 3.63) is 52.0 Å². The molecule has 0 aliphatic rings. The maximum absolute atomic E-state index is 12.2. The molecule has 2 aromatic rings. The van der Waals surface area contributed by atoms with E-state index in [4.69, 9.17) is 9.15 Å². The molecule has 0 atom stereocenters. The summed E-state index contributed by atoms with van der Waals surface area (Å²) < 4.78 is 15.1. The molecule has 0 saturated carbocycles. The first-order valence-corrected chi connectivity index (χ1v) is 7.97. The van der Waals surface area contributed by atoms with Gasteiger partial charge in [0.2, 0.25) is 0 Å². The fourth-order valence-electron chi connectivity index (χ4n) is 2.49. The number of furan rings is 1. The fraction of sp³-hybridized carbons (Fsp3) is 0.316. The minimum atomic E-state index is -0.618. The van der Waals surface area contributed by atoms with Crippen LogP contribution in [0.4, 0.5) is 5.69 Å². The number of hydrogen-bond acceptors (Lipinski definition) is 6. The lowest BCUT2D eigenvalue weighted by atomic mass is 10.1. The van der Waals surface area contributed by atoms with Crippen molar-refractivity contribution in [3.63, 3.8) is 0 Å². The molecule has 26 heavy (non-hydrogen) atoms. The molecule has 0 spiro atoms. The van der Waals surface area contributed by atoms with E-state index in [1.807, 2.05) is 0 Å². The number of methoxy groups -OCH3 is 1. The molecule has 0 aliphatic heterocycles. The second-order valence-corrected chi connectivity index (χ2v) is 5.86. The maximum Gasteiger partial charge on any atom is 0.342 e. The van der Waals surface area contributed by atoms with Gasteiger partial charge in [0.1, 0.15) is 17.1 Å². The molecule has 0 bridgehead atoms. The monoisotopic (exact) mass is 359 g/mol. The van der Waals surface area contributed by atoms with Crippen LogP contribution in [0.2, 0.25) is 0 Å². The Balaban J connectivity index is 2.03. The minimum absolute atomic E-state index is 0.311. The van der Waals surface area contributed by atoms with Crippen LogP contribution in [0.3, 0.4) is 0 Å². The Kier molecular flexibility index (Phi) is 5.82. The standard InChI is InChI=1S/C19H21NO6/c1-10-6-7-14(18(22)24-5)8-15(10)20-16(21)9-25-19(23)17-11(2)12(3)26-13(17)4/h6-8H,9H2,1-5H3,(H,20,21). The zero-order valence-corrected chi connectivity index (χ0v) is 15.4. The number of hydrogen-bond donors (Lipinski definition) is 1. The van der Waals surface area contributed by atoms with E-state index >= 15 is 0 Å². The summed E-state index contributed by atoms with van der Waals surface area (Å²) >= 11 is 0. The van der Waals surface area contributed by atoms with Crippen molar-refractivity contribution in [2.24, 2.45) is 0 Å². The number of nitrogens with one attached hydrogen (secondary N) is 1. The molecule has 138 valence electrons. The van der Waals surface area contributed by atoms with Crippen molar-refractivity contribution in [2.75, 3.05) is 19.0 Å². The van der Waals surface area contributed by atoms with Crippen LogP contribution in [0.25, 0.3) is 0 Å². The second-order valence-electron chi connectivity index (χ2n) is 5.86. The van der Waals surface area contributed by atoms with Crippen molar-refractivity contribution in [2.45, 2.75) is 27.7 Å². The van der Waals surface area contributed by atoms with Gasteiger partial charge in [-0.05, 0) is 45.4 Å². The van der Waals surface area contributed by atoms with Crippen LogP contribution < -0.4 is 5.32 Å². The van der Waals surface area contributed by atoms with E-state index in [2.05, 4.69) is 10.1 Å². The highest BCUT2D eigenvalue weighted by atomic mass is 16.5. The van der Waals surface area contributed by atoms with Crippen molar-refractivity contribution in [1.29, 1.82) is 0 Å². The van der Waals surface area contributed by atoms with Gasteiger partial charge in [-0.3, -0.25) is 4.79 Å². The maximum atomic E-state index is 12.2. The van der Waals surface area contributed by atoms with Crippen LogP contribution in [0.1, 0.15) is 43.4 Å². The lowest BCUT2D eigenvalue weighted by Crippen LogP contribution is -2.22. The van der Waals surface area contributed by atoms with E-state index in [1.165, 1.54) is 13.2 Å². The number of rotatable bonds is 5. The molecular formula is C19H21NO6. The summed E-state index contributed by atoms with van der Waals surface area (Å²) in [4.78, 5) is 35.9. The highest BCUT2D eigenvalue weighted by Crippen LogP contribution is 2.22. The van der Waals surface area contributed by atoms with Gasteiger partial charge in [-0.25, -0.2) is 9.59 Å². The third-order valence-electron chi connectivity index (χ3n) is 4.03. The summed E-state index contributed by atoms with van der Waals surface area (Å²) in [6, 6.07) is 4.80. The fourth-order valence-corrected chi connectivity index (χ4v) is 2.49. The first-order chi connectivity index (χ1) is 12.2. The van der Waals surface area contributed by atoms with E-state index < -0.39 is 24.5 Å². The van der Waals surface area contributed by atoms with Gasteiger partial charge in [-0.1, -0.05) is 6.07 Å². The van der Waals surface area contributed by atoms with Crippen molar-refractivity contribution >= 4 is 23.5 Å². The number of esters is 2. The average Bonchev–Trinajstić information content (AvgIpc) is 2.86. The summed E-state index contributed by atoms with van der Waals surface area (Å²) in [5.74, 6) is -0.555. The number of amides is 1. The lowest BCUT2D eigenvalue weighted by molar-refractivity contribution is -0.119. The first-order valence-electron chi connectivity index (χ1n) is 7.97. The molecule has 1 aromatic heterocycles. The van der Waals surface area contributed by atoms with Gasteiger partial charge in [0, 0.05) is 11.3 Å². The van der Waals surface area contributed by atoms with Gasteiger partial charge >= 0.3 is 11.9 Å². The third kappa shape index (κ3) is 4.11. The molecule has 0 aliphatic carbocycles. The molecule has 7 heteroatoms. The van der Waals surface area contributed by atoms with Gasteiger partial charge in [0.25, 0.3) is 5.91 Å². The number of aryl methyl sites for hydroxylation is 3. The summed E-state index contributed by atoms with van der Waals surface area (Å²) in [5, 5.41) is 2.62. The molecule has 1 amide bonds. The van der Waals surface area contributed by atoms with Gasteiger partial charge in [-0.2, -0.15) is 0 Å². The lowest BCUT2D eigenvalue weighted by Gasteiger charge is -2.10. The van der Waals surface area contributed by atoms with E-state index in [9.17, 15) is 14.4 Å². The molecule has 2 rings (SSSR count). The average molecular weight is 359 g/mol. The van der Waals surface area contributed by atoms with Crippen LogP contribution in [-0.2, 0) is 14.3 Å². The summed E-state index contributed by atoms with van der Waals surface area (Å²) in [6.45, 7) is 6.50. The zero-order chi connectivity index (χ0) is 19.4. The first kappa shape index (κ1) is 19.2. The summed E-state index contributed by atoms with van der Waals surface area (Å²) in [6.07, 6.45) is 0. The van der Waals surface area contributed by atoms with Gasteiger partial charge < -0.3 is 19.2 Å². The van der Waals surface area contributed by atoms with Gasteiger partial charge in [-0.15, -0.1) is 0 Å². The zero-order valence-electron chi connectivity index (χ0n) is 15.4. The topological polar surface area (TPSA) is 94.8 Å². The summed E-state index contributed by atoms with van der Waals surface area (Å²) in [7, 11) is 1.28. The highest BCUT2D eigenvalue weighted by molar-refractivity contribution is 5.98. The third-order valence-corrected chi connectivity index (χ3v) is 4.03. The molecule has 1 heterocycles. The molecule has 0 saturated heterocycles. The Morgan fingerprint density at radius 3 is 2.31 bits per heavy atom. The Labute approximate surface area is 151 Å². The minimum Gasteiger partial charge on any atom is -0.465 e. The highest BCUT2D eigenvalue weighted by Gasteiger charge is 2.21. The Morgan fingerprint density at radius 2 is 1.73 bits per heavy atom. The van der Waals surface area contributed by atoms with Crippen LogP contribution in [0.15, 0.2) is 22.6 Å². The number of anilines is 1. The molecule has 7 nitrogen and oxygen atoms in total. The Hall–Kier alpha value is -3.09. The Morgan fingerprint density at radius 1 is 1.04 bits per heavy atom. The Bertz CT molecular complexity index is 865. The number of ether oxygens (including phenoxy) is 2. The van der Waals surface area contributed by atoms with Crippen LogP contribution in [-0.4, -0.2) is 31.6 Å². The number of carbonyl (C=O) groups is 3. The molecule has 1 aromatic carbocycles. The van der Waals surface area contributed by atoms with Crippen LogP contribution in [0.5, 0.6) is 0 Å². The second kappa shape index (κ2) is 7.86. The quantitative estimate of drug-likeness (QED) is 0.824. The number of carbonyl (C=O) groups excluding carboxylic acids is 3. The molecular weight excluding hydrogens is 338 g/mol. The van der Waals surface area contributed by atoms with Crippen LogP contribution in [0, 0.1) is 27.7 Å². The van der Waals surface area contributed by atoms with Crippen molar-refractivity contribution in [3.8, 4) is 0 Å².